The molecule has 1 atom stereocenters. The molecule has 152 valence electrons. The summed E-state index contributed by atoms with van der Waals surface area (Å²) in [6.45, 7) is 0.521. The molecule has 1 amide bonds. The molecule has 1 N–H and O–H groups in total. The van der Waals surface area contributed by atoms with E-state index in [0.717, 1.165) is 11.3 Å². The minimum Gasteiger partial charge on any atom is -0.350 e. The molecule has 5 nitrogen and oxygen atoms in total. The maximum atomic E-state index is 13.2. The smallest absolute Gasteiger partial charge is 0.255 e. The highest BCUT2D eigenvalue weighted by atomic mass is 32.1. The normalized spacial score (nSPS) is 12.1. The van der Waals surface area contributed by atoms with Crippen LogP contribution < -0.4 is 5.32 Å². The topological polar surface area (TPSA) is 50.2 Å². The number of hydrogen-bond acceptors (Lipinski definition) is 4. The minimum atomic E-state index is -0.127. The number of likely N-dealkylation sites (N-methyl/N-ethyl adjacent to an activating group) is 1. The number of rotatable bonds is 7. The third-order valence-corrected chi connectivity index (χ3v) is 5.74. The molecule has 0 fully saturated rings. The summed E-state index contributed by atoms with van der Waals surface area (Å²) in [6, 6.07) is 21.9. The lowest BCUT2D eigenvalue weighted by atomic mass is 10.1. The van der Waals surface area contributed by atoms with Crippen LogP contribution in [0.4, 0.5) is 0 Å². The zero-order valence-electron chi connectivity index (χ0n) is 17.0. The Hall–Kier alpha value is -3.22. The Morgan fingerprint density at radius 1 is 1.07 bits per heavy atom. The number of para-hydroxylation sites is 1. The predicted molar refractivity (Wildman–Crippen MR) is 122 cm³/mol. The predicted octanol–water partition coefficient (Wildman–Crippen LogP) is 4.63. The van der Waals surface area contributed by atoms with Gasteiger partial charge >= 0.3 is 0 Å². The molecule has 0 bridgehead atoms. The molecular weight excluding hydrogens is 392 g/mol. The molecule has 0 saturated heterocycles. The third kappa shape index (κ3) is 4.35. The molecular formula is C24H24N4OS. The first-order chi connectivity index (χ1) is 14.6. The van der Waals surface area contributed by atoms with Gasteiger partial charge in [0.2, 0.25) is 0 Å². The number of nitrogens with one attached hydrogen (secondary N) is 1. The summed E-state index contributed by atoms with van der Waals surface area (Å²) in [6.07, 6.45) is 1.81. The highest BCUT2D eigenvalue weighted by Crippen LogP contribution is 2.24. The molecule has 1 unspecified atom stereocenters. The summed E-state index contributed by atoms with van der Waals surface area (Å²) >= 11 is 1.66. The summed E-state index contributed by atoms with van der Waals surface area (Å²) in [7, 11) is 4.05. The van der Waals surface area contributed by atoms with Crippen LogP contribution in [0.15, 0.2) is 83.7 Å². The first kappa shape index (κ1) is 20.1. The fourth-order valence-electron chi connectivity index (χ4n) is 3.41. The highest BCUT2D eigenvalue weighted by molar-refractivity contribution is 7.08. The van der Waals surface area contributed by atoms with Gasteiger partial charge in [-0.25, -0.2) is 4.68 Å². The fraction of sp³-hybridized carbons (Fsp3) is 0.167. The number of carbonyl (C=O) groups is 1. The molecule has 4 rings (SSSR count). The van der Waals surface area contributed by atoms with Crippen molar-refractivity contribution in [2.24, 2.45) is 0 Å². The Morgan fingerprint density at radius 3 is 2.40 bits per heavy atom. The standard InChI is InChI=1S/C24H24N4OS/c1-27(2)22(19-13-14-30-17-19)15-25-24(29)21-16-28(20-11-7-4-8-12-20)26-23(21)18-9-5-3-6-10-18/h3-14,16-17,22H,15H2,1-2H3,(H,25,29). The van der Waals surface area contributed by atoms with Crippen LogP contribution in [0.25, 0.3) is 16.9 Å². The molecule has 6 heteroatoms. The second-order valence-electron chi connectivity index (χ2n) is 7.28. The molecule has 0 aliphatic carbocycles. The van der Waals surface area contributed by atoms with Gasteiger partial charge in [-0.3, -0.25) is 4.79 Å². The molecule has 2 aromatic carbocycles. The Morgan fingerprint density at radius 2 is 1.77 bits per heavy atom. The Bertz CT molecular complexity index is 1090. The third-order valence-electron chi connectivity index (χ3n) is 5.03. The van der Waals surface area contributed by atoms with E-state index in [0.29, 0.717) is 17.8 Å². The van der Waals surface area contributed by atoms with Crippen molar-refractivity contribution in [2.75, 3.05) is 20.6 Å². The van der Waals surface area contributed by atoms with Crippen molar-refractivity contribution in [3.05, 3.63) is 94.8 Å². The van der Waals surface area contributed by atoms with Crippen molar-refractivity contribution in [1.29, 1.82) is 0 Å². The van der Waals surface area contributed by atoms with Crippen LogP contribution >= 0.6 is 11.3 Å². The number of thiophene rings is 1. The average Bonchev–Trinajstić information content (AvgIpc) is 3.45. The van der Waals surface area contributed by atoms with Gasteiger partial charge in [-0.1, -0.05) is 48.5 Å². The van der Waals surface area contributed by atoms with E-state index in [9.17, 15) is 4.79 Å². The largest absolute Gasteiger partial charge is 0.350 e. The van der Waals surface area contributed by atoms with Crippen LogP contribution in [0.1, 0.15) is 22.0 Å². The van der Waals surface area contributed by atoms with Gasteiger partial charge in [0.15, 0.2) is 0 Å². The number of hydrogen-bond donors (Lipinski definition) is 1. The first-order valence-electron chi connectivity index (χ1n) is 9.80. The van der Waals surface area contributed by atoms with E-state index < -0.39 is 0 Å². The van der Waals surface area contributed by atoms with Crippen LogP contribution in [0.2, 0.25) is 0 Å². The second-order valence-corrected chi connectivity index (χ2v) is 8.06. The lowest BCUT2D eigenvalue weighted by Gasteiger charge is -2.24. The van der Waals surface area contributed by atoms with Gasteiger partial charge in [-0.2, -0.15) is 16.4 Å². The quantitative estimate of drug-likeness (QED) is 0.478. The van der Waals surface area contributed by atoms with Crippen molar-refractivity contribution in [3.63, 3.8) is 0 Å². The van der Waals surface area contributed by atoms with Gasteiger partial charge in [-0.05, 0) is 48.6 Å². The van der Waals surface area contributed by atoms with Gasteiger partial charge in [0.05, 0.1) is 17.3 Å². The Balaban J connectivity index is 1.63. The summed E-state index contributed by atoms with van der Waals surface area (Å²) in [5.41, 5.74) is 4.27. The molecule has 30 heavy (non-hydrogen) atoms. The highest BCUT2D eigenvalue weighted by Gasteiger charge is 2.21. The SMILES string of the molecule is CN(C)C(CNC(=O)c1cn(-c2ccccc2)nc1-c1ccccc1)c1ccsc1. The van der Waals surface area contributed by atoms with Gasteiger partial charge in [0.1, 0.15) is 5.69 Å². The Kier molecular flexibility index (Phi) is 6.07. The summed E-state index contributed by atoms with van der Waals surface area (Å²) in [5.74, 6) is -0.127. The molecule has 4 aromatic rings. The number of amides is 1. The van der Waals surface area contributed by atoms with Gasteiger partial charge < -0.3 is 10.2 Å². The number of aromatic nitrogens is 2. The first-order valence-corrected chi connectivity index (χ1v) is 10.7. The van der Waals surface area contributed by atoms with Crippen molar-refractivity contribution in [3.8, 4) is 16.9 Å². The van der Waals surface area contributed by atoms with E-state index in [2.05, 4.69) is 27.0 Å². The molecule has 0 saturated carbocycles. The molecule has 0 aliphatic heterocycles. The molecule has 2 aromatic heterocycles. The van der Waals surface area contributed by atoms with Gasteiger partial charge in [0.25, 0.3) is 5.91 Å². The molecule has 0 radical (unpaired) electrons. The molecule has 0 aliphatic rings. The number of nitrogens with zero attached hydrogens (tertiary/aromatic N) is 3. The average molecular weight is 417 g/mol. The summed E-state index contributed by atoms with van der Waals surface area (Å²) < 4.78 is 1.76. The number of benzene rings is 2. The lowest BCUT2D eigenvalue weighted by Crippen LogP contribution is -2.34. The lowest BCUT2D eigenvalue weighted by molar-refractivity contribution is 0.0942. The van der Waals surface area contributed by atoms with Crippen LogP contribution in [0.3, 0.4) is 0 Å². The maximum absolute atomic E-state index is 13.2. The molecule has 0 spiro atoms. The summed E-state index contributed by atoms with van der Waals surface area (Å²) in [5, 5.41) is 12.0. The van der Waals surface area contributed by atoms with Crippen molar-refractivity contribution in [2.45, 2.75) is 6.04 Å². The van der Waals surface area contributed by atoms with Crippen molar-refractivity contribution >= 4 is 17.2 Å². The summed E-state index contributed by atoms with van der Waals surface area (Å²) in [4.78, 5) is 15.3. The molecule has 2 heterocycles. The zero-order chi connectivity index (χ0) is 20.9. The Labute approximate surface area is 180 Å². The monoisotopic (exact) mass is 416 g/mol. The van der Waals surface area contributed by atoms with Gasteiger partial charge in [0, 0.05) is 18.3 Å². The zero-order valence-corrected chi connectivity index (χ0v) is 17.8. The van der Waals surface area contributed by atoms with Crippen molar-refractivity contribution in [1.82, 2.24) is 20.0 Å². The number of carbonyl (C=O) groups excluding carboxylic acids is 1. The van der Waals surface area contributed by atoms with Crippen LogP contribution in [-0.2, 0) is 0 Å². The van der Waals surface area contributed by atoms with Crippen LogP contribution in [-0.4, -0.2) is 41.2 Å². The van der Waals surface area contributed by atoms with E-state index in [1.807, 2.05) is 81.0 Å². The van der Waals surface area contributed by atoms with Crippen LogP contribution in [0, 0.1) is 0 Å². The van der Waals surface area contributed by atoms with E-state index >= 15 is 0 Å². The minimum absolute atomic E-state index is 0.115. The van der Waals surface area contributed by atoms with Gasteiger partial charge in [-0.15, -0.1) is 0 Å². The van der Waals surface area contributed by atoms with E-state index in [1.165, 1.54) is 5.56 Å². The fourth-order valence-corrected chi connectivity index (χ4v) is 4.12. The van der Waals surface area contributed by atoms with E-state index in [4.69, 9.17) is 5.10 Å². The van der Waals surface area contributed by atoms with Crippen molar-refractivity contribution < 1.29 is 4.79 Å². The van der Waals surface area contributed by atoms with E-state index in [1.54, 1.807) is 16.0 Å². The van der Waals surface area contributed by atoms with Crippen LogP contribution in [0.5, 0.6) is 0 Å². The maximum Gasteiger partial charge on any atom is 0.255 e. The van der Waals surface area contributed by atoms with E-state index in [-0.39, 0.29) is 11.9 Å². The second kappa shape index (κ2) is 9.07.